The summed E-state index contributed by atoms with van der Waals surface area (Å²) in [5, 5.41) is 28.5. The van der Waals surface area contributed by atoms with Crippen molar-refractivity contribution < 1.29 is 19.9 Å². The van der Waals surface area contributed by atoms with Crippen molar-refractivity contribution in [2.45, 2.75) is 13.0 Å². The number of hydrogen-bond acceptors (Lipinski definition) is 4. The summed E-state index contributed by atoms with van der Waals surface area (Å²) in [4.78, 5) is 20.4. The minimum absolute atomic E-state index is 0.0458. The summed E-state index contributed by atoms with van der Waals surface area (Å²) in [5.74, 6) is -1.49. The van der Waals surface area contributed by atoms with Gasteiger partial charge in [0.25, 0.3) is 5.69 Å². The molecule has 6 nitrogen and oxygen atoms in total. The average Bonchev–Trinajstić information content (AvgIpc) is 2.20. The third-order valence-electron chi connectivity index (χ3n) is 2.11. The minimum Gasteiger partial charge on any atom is -0.479 e. The molecule has 0 radical (unpaired) electrons. The summed E-state index contributed by atoms with van der Waals surface area (Å²) in [7, 11) is 0. The van der Waals surface area contributed by atoms with E-state index in [9.17, 15) is 20.0 Å². The number of halogens is 1. The molecule has 0 aliphatic heterocycles. The van der Waals surface area contributed by atoms with Gasteiger partial charge in [-0.2, -0.15) is 0 Å². The monoisotopic (exact) mass is 245 g/mol. The first-order valence-electron chi connectivity index (χ1n) is 4.20. The number of nitro groups is 1. The van der Waals surface area contributed by atoms with Gasteiger partial charge in [0.05, 0.1) is 9.95 Å². The Balaban J connectivity index is 3.37. The summed E-state index contributed by atoms with van der Waals surface area (Å²) >= 11 is 5.70. The SMILES string of the molecule is Cc1c(Cl)cc([N+](=O)[O-])cc1C(O)C(=O)O. The number of aliphatic hydroxyl groups excluding tert-OH is 1. The van der Waals surface area contributed by atoms with Crippen molar-refractivity contribution >= 4 is 23.3 Å². The van der Waals surface area contributed by atoms with E-state index >= 15 is 0 Å². The van der Waals surface area contributed by atoms with Crippen molar-refractivity contribution in [2.24, 2.45) is 0 Å². The van der Waals surface area contributed by atoms with Crippen LogP contribution in [0.25, 0.3) is 0 Å². The van der Waals surface area contributed by atoms with Gasteiger partial charge in [-0.25, -0.2) is 4.79 Å². The van der Waals surface area contributed by atoms with E-state index in [1.165, 1.54) is 6.92 Å². The fraction of sp³-hybridized carbons (Fsp3) is 0.222. The van der Waals surface area contributed by atoms with Crippen LogP contribution in [-0.2, 0) is 4.79 Å². The first-order valence-corrected chi connectivity index (χ1v) is 4.57. The molecule has 0 bridgehead atoms. The molecule has 1 atom stereocenters. The number of aliphatic hydroxyl groups is 1. The normalized spacial score (nSPS) is 12.2. The lowest BCUT2D eigenvalue weighted by Crippen LogP contribution is -2.12. The lowest BCUT2D eigenvalue weighted by molar-refractivity contribution is -0.385. The zero-order chi connectivity index (χ0) is 12.5. The van der Waals surface area contributed by atoms with Crippen molar-refractivity contribution in [3.63, 3.8) is 0 Å². The highest BCUT2D eigenvalue weighted by molar-refractivity contribution is 6.31. The van der Waals surface area contributed by atoms with Gasteiger partial charge in [0.15, 0.2) is 6.10 Å². The van der Waals surface area contributed by atoms with E-state index in [0.717, 1.165) is 12.1 Å². The first-order chi connectivity index (χ1) is 7.34. The predicted molar refractivity (Wildman–Crippen MR) is 55.4 cm³/mol. The first kappa shape index (κ1) is 12.4. The molecule has 0 saturated heterocycles. The molecule has 2 N–H and O–H groups in total. The van der Waals surface area contributed by atoms with Crippen LogP contribution in [0.1, 0.15) is 17.2 Å². The molecule has 1 unspecified atom stereocenters. The average molecular weight is 246 g/mol. The Labute approximate surface area is 95.2 Å². The molecule has 0 aromatic heterocycles. The van der Waals surface area contributed by atoms with E-state index in [1.807, 2.05) is 0 Å². The van der Waals surface area contributed by atoms with E-state index in [2.05, 4.69) is 0 Å². The Morgan fingerprint density at radius 2 is 2.12 bits per heavy atom. The third kappa shape index (κ3) is 2.29. The maximum absolute atomic E-state index is 10.6. The van der Waals surface area contributed by atoms with Gasteiger partial charge in [0, 0.05) is 17.7 Å². The molecule has 0 heterocycles. The van der Waals surface area contributed by atoms with Crippen molar-refractivity contribution in [1.29, 1.82) is 0 Å². The number of aliphatic carboxylic acids is 1. The molecule has 0 saturated carbocycles. The Bertz CT molecular complexity index is 459. The summed E-state index contributed by atoms with van der Waals surface area (Å²) in [6.45, 7) is 1.48. The van der Waals surface area contributed by atoms with Crippen LogP contribution >= 0.6 is 11.6 Å². The maximum Gasteiger partial charge on any atom is 0.337 e. The third-order valence-corrected chi connectivity index (χ3v) is 2.50. The van der Waals surface area contributed by atoms with Gasteiger partial charge in [-0.05, 0) is 12.5 Å². The van der Waals surface area contributed by atoms with Crippen molar-refractivity contribution in [1.82, 2.24) is 0 Å². The van der Waals surface area contributed by atoms with Crippen LogP contribution < -0.4 is 0 Å². The Kier molecular flexibility index (Phi) is 3.46. The van der Waals surface area contributed by atoms with E-state index in [1.54, 1.807) is 0 Å². The van der Waals surface area contributed by atoms with Gasteiger partial charge in [-0.3, -0.25) is 10.1 Å². The van der Waals surface area contributed by atoms with Crippen LogP contribution in [0.2, 0.25) is 5.02 Å². The molecule has 0 fully saturated rings. The zero-order valence-electron chi connectivity index (χ0n) is 8.18. The second-order valence-electron chi connectivity index (χ2n) is 3.14. The van der Waals surface area contributed by atoms with Gasteiger partial charge in [-0.1, -0.05) is 11.6 Å². The van der Waals surface area contributed by atoms with Gasteiger partial charge in [-0.15, -0.1) is 0 Å². The molecule has 1 rings (SSSR count). The fourth-order valence-corrected chi connectivity index (χ4v) is 1.43. The Morgan fingerprint density at radius 1 is 1.56 bits per heavy atom. The smallest absolute Gasteiger partial charge is 0.337 e. The lowest BCUT2D eigenvalue weighted by atomic mass is 10.0. The highest BCUT2D eigenvalue weighted by atomic mass is 35.5. The van der Waals surface area contributed by atoms with Crippen LogP contribution in [0.15, 0.2) is 12.1 Å². The van der Waals surface area contributed by atoms with Crippen LogP contribution in [0, 0.1) is 17.0 Å². The Hall–Kier alpha value is -1.66. The second-order valence-corrected chi connectivity index (χ2v) is 3.55. The quantitative estimate of drug-likeness (QED) is 0.623. The number of hydrogen-bond donors (Lipinski definition) is 2. The number of carboxylic acids is 1. The van der Waals surface area contributed by atoms with Gasteiger partial charge < -0.3 is 10.2 Å². The number of nitro benzene ring substituents is 1. The standard InChI is InChI=1S/C9H8ClNO5/c1-4-6(8(12)9(13)14)2-5(11(15)16)3-7(4)10/h2-3,8,12H,1H3,(H,13,14). The van der Waals surface area contributed by atoms with Crippen LogP contribution in [0.3, 0.4) is 0 Å². The molecule has 16 heavy (non-hydrogen) atoms. The van der Waals surface area contributed by atoms with Crippen LogP contribution in [-0.4, -0.2) is 21.1 Å². The number of nitrogens with zero attached hydrogens (tertiary/aromatic N) is 1. The van der Waals surface area contributed by atoms with Gasteiger partial charge >= 0.3 is 5.97 Å². The highest BCUT2D eigenvalue weighted by Gasteiger charge is 2.23. The summed E-state index contributed by atoms with van der Waals surface area (Å²) < 4.78 is 0. The molecular formula is C9H8ClNO5. The van der Waals surface area contributed by atoms with Gasteiger partial charge in [0.1, 0.15) is 0 Å². The molecule has 86 valence electrons. The van der Waals surface area contributed by atoms with E-state index in [-0.39, 0.29) is 16.3 Å². The molecule has 1 aromatic carbocycles. The second kappa shape index (κ2) is 4.46. The van der Waals surface area contributed by atoms with Crippen LogP contribution in [0.4, 0.5) is 5.69 Å². The lowest BCUT2D eigenvalue weighted by Gasteiger charge is -2.10. The Morgan fingerprint density at radius 3 is 2.56 bits per heavy atom. The molecule has 1 aromatic rings. The molecule has 0 spiro atoms. The topological polar surface area (TPSA) is 101 Å². The number of non-ortho nitro benzene ring substituents is 1. The molecule has 0 aliphatic carbocycles. The molecule has 0 aliphatic rings. The predicted octanol–water partition coefficient (Wildman–Crippen LogP) is 1.67. The summed E-state index contributed by atoms with van der Waals surface area (Å²) in [5.41, 5.74) is -0.125. The fourth-order valence-electron chi connectivity index (χ4n) is 1.21. The molecule has 0 amide bonds. The number of benzene rings is 1. The van der Waals surface area contributed by atoms with E-state index in [4.69, 9.17) is 16.7 Å². The van der Waals surface area contributed by atoms with E-state index < -0.39 is 17.0 Å². The van der Waals surface area contributed by atoms with Crippen LogP contribution in [0.5, 0.6) is 0 Å². The van der Waals surface area contributed by atoms with Crippen molar-refractivity contribution in [3.8, 4) is 0 Å². The minimum atomic E-state index is -1.82. The summed E-state index contributed by atoms with van der Waals surface area (Å²) in [6, 6.07) is 2.11. The molecular weight excluding hydrogens is 238 g/mol. The largest absolute Gasteiger partial charge is 0.479 e. The zero-order valence-corrected chi connectivity index (χ0v) is 8.93. The number of carboxylic acid groups (broad SMARTS) is 1. The number of rotatable bonds is 3. The number of carbonyl (C=O) groups is 1. The maximum atomic E-state index is 10.6. The summed E-state index contributed by atoms with van der Waals surface area (Å²) in [6.07, 6.45) is -1.82. The van der Waals surface area contributed by atoms with E-state index in [0.29, 0.717) is 5.56 Å². The van der Waals surface area contributed by atoms with Gasteiger partial charge in [0.2, 0.25) is 0 Å². The highest BCUT2D eigenvalue weighted by Crippen LogP contribution is 2.29. The van der Waals surface area contributed by atoms with Crippen molar-refractivity contribution in [2.75, 3.05) is 0 Å². The molecule has 7 heteroatoms. The van der Waals surface area contributed by atoms with Crippen molar-refractivity contribution in [3.05, 3.63) is 38.4 Å².